The van der Waals surface area contributed by atoms with Crippen LogP contribution in [0.3, 0.4) is 0 Å². The van der Waals surface area contributed by atoms with Crippen molar-refractivity contribution in [2.75, 3.05) is 18.0 Å². The molecule has 1 heteroatoms. The van der Waals surface area contributed by atoms with E-state index < -0.39 is 0 Å². The number of allylic oxidation sites excluding steroid dienone is 6. The molecule has 0 saturated carbocycles. The van der Waals surface area contributed by atoms with Gasteiger partial charge in [-0.3, -0.25) is 0 Å². The summed E-state index contributed by atoms with van der Waals surface area (Å²) in [5.41, 5.74) is 5.38. The van der Waals surface area contributed by atoms with Crippen LogP contribution in [0.4, 0.5) is 5.69 Å². The van der Waals surface area contributed by atoms with Gasteiger partial charge in [0.25, 0.3) is 0 Å². The summed E-state index contributed by atoms with van der Waals surface area (Å²) in [4.78, 5) is 2.47. The zero-order chi connectivity index (χ0) is 15.1. The molecule has 0 unspecified atom stereocenters. The third-order valence-electron chi connectivity index (χ3n) is 3.89. The summed E-state index contributed by atoms with van der Waals surface area (Å²) in [6, 6.07) is 8.84. The van der Waals surface area contributed by atoms with Crippen molar-refractivity contribution in [3.63, 3.8) is 0 Å². The first kappa shape index (κ1) is 15.4. The Hall–Kier alpha value is -2.02. The highest BCUT2D eigenvalue weighted by molar-refractivity contribution is 5.49. The number of aryl methyl sites for hydroxylation is 1. The molecule has 1 fully saturated rings. The molecule has 0 aromatic heterocycles. The molecule has 0 N–H and O–H groups in total. The lowest BCUT2D eigenvalue weighted by Gasteiger charge is -2.30. The van der Waals surface area contributed by atoms with E-state index in [4.69, 9.17) is 0 Å². The molecule has 0 bridgehead atoms. The van der Waals surface area contributed by atoms with Gasteiger partial charge in [-0.1, -0.05) is 60.2 Å². The number of nitrogens with zero attached hydrogens (tertiary/aromatic N) is 1. The molecule has 1 aromatic carbocycles. The lowest BCUT2D eigenvalue weighted by Crippen LogP contribution is -2.30. The van der Waals surface area contributed by atoms with Gasteiger partial charge >= 0.3 is 0 Å². The summed E-state index contributed by atoms with van der Waals surface area (Å²) in [6.45, 7) is 10.3. The molecule has 0 aliphatic carbocycles. The summed E-state index contributed by atoms with van der Waals surface area (Å²) < 4.78 is 0. The maximum absolute atomic E-state index is 3.89. The highest BCUT2D eigenvalue weighted by Crippen LogP contribution is 2.24. The second kappa shape index (κ2) is 7.68. The predicted molar refractivity (Wildman–Crippen MR) is 93.8 cm³/mol. The summed E-state index contributed by atoms with van der Waals surface area (Å²) in [6.07, 6.45) is 12.7. The number of hydrogen-bond donors (Lipinski definition) is 0. The Balaban J connectivity index is 1.99. The van der Waals surface area contributed by atoms with Crippen LogP contribution in [0.1, 0.15) is 25.3 Å². The molecule has 21 heavy (non-hydrogen) atoms. The molecule has 0 amide bonds. The third-order valence-corrected chi connectivity index (χ3v) is 3.89. The SMILES string of the molecule is C=C/C(C=C1CCN(c2ccc(C)cc2)CC1)=C\C=C/C. The van der Waals surface area contributed by atoms with E-state index in [1.54, 1.807) is 0 Å². The fourth-order valence-corrected chi connectivity index (χ4v) is 2.57. The van der Waals surface area contributed by atoms with Crippen LogP contribution < -0.4 is 4.90 Å². The van der Waals surface area contributed by atoms with Gasteiger partial charge in [0.15, 0.2) is 0 Å². The van der Waals surface area contributed by atoms with E-state index in [0.29, 0.717) is 0 Å². The maximum Gasteiger partial charge on any atom is 0.0366 e. The van der Waals surface area contributed by atoms with Crippen molar-refractivity contribution in [1.29, 1.82) is 0 Å². The van der Waals surface area contributed by atoms with E-state index in [9.17, 15) is 0 Å². The molecule has 110 valence electrons. The molecule has 0 atom stereocenters. The monoisotopic (exact) mass is 279 g/mol. The van der Waals surface area contributed by atoms with Crippen molar-refractivity contribution < 1.29 is 0 Å². The molecule has 1 heterocycles. The van der Waals surface area contributed by atoms with Gasteiger partial charge in [0, 0.05) is 18.8 Å². The minimum absolute atomic E-state index is 1.10. The Kier molecular flexibility index (Phi) is 5.62. The van der Waals surface area contributed by atoms with Gasteiger partial charge in [-0.15, -0.1) is 0 Å². The van der Waals surface area contributed by atoms with Crippen molar-refractivity contribution in [3.8, 4) is 0 Å². The first-order chi connectivity index (χ1) is 10.2. The van der Waals surface area contributed by atoms with Crippen LogP contribution in [0, 0.1) is 6.92 Å². The molecule has 2 rings (SSSR count). The van der Waals surface area contributed by atoms with Crippen LogP contribution in [-0.4, -0.2) is 13.1 Å². The number of benzene rings is 1. The molecule has 1 aromatic rings. The van der Waals surface area contributed by atoms with Gasteiger partial charge in [0.05, 0.1) is 0 Å². The smallest absolute Gasteiger partial charge is 0.0366 e. The molecule has 0 radical (unpaired) electrons. The summed E-state index contributed by atoms with van der Waals surface area (Å²) in [7, 11) is 0. The topological polar surface area (TPSA) is 3.24 Å². The maximum atomic E-state index is 3.89. The second-order valence-corrected chi connectivity index (χ2v) is 5.52. The highest BCUT2D eigenvalue weighted by atomic mass is 15.1. The summed E-state index contributed by atoms with van der Waals surface area (Å²) in [5.74, 6) is 0. The van der Waals surface area contributed by atoms with E-state index in [1.165, 1.54) is 22.4 Å². The third kappa shape index (κ3) is 4.49. The lowest BCUT2D eigenvalue weighted by atomic mass is 10.00. The molecular weight excluding hydrogens is 254 g/mol. The first-order valence-electron chi connectivity index (χ1n) is 7.69. The van der Waals surface area contributed by atoms with Crippen molar-refractivity contribution >= 4 is 5.69 Å². The number of rotatable bonds is 4. The number of piperidine rings is 1. The Bertz CT molecular complexity index is 548. The van der Waals surface area contributed by atoms with E-state index in [1.807, 2.05) is 19.1 Å². The average Bonchev–Trinajstić information content (AvgIpc) is 2.53. The Morgan fingerprint density at radius 3 is 2.38 bits per heavy atom. The first-order valence-corrected chi connectivity index (χ1v) is 7.69. The molecule has 1 nitrogen and oxygen atoms in total. The number of hydrogen-bond acceptors (Lipinski definition) is 1. The van der Waals surface area contributed by atoms with Gasteiger partial charge in [-0.2, -0.15) is 0 Å². The molecule has 1 aliphatic heterocycles. The fourth-order valence-electron chi connectivity index (χ4n) is 2.57. The summed E-state index contributed by atoms with van der Waals surface area (Å²) >= 11 is 0. The minimum Gasteiger partial charge on any atom is -0.371 e. The normalized spacial score (nSPS) is 16.4. The van der Waals surface area contributed by atoms with Gasteiger partial charge in [-0.25, -0.2) is 0 Å². The van der Waals surface area contributed by atoms with Gasteiger partial charge in [0.2, 0.25) is 0 Å². The Morgan fingerprint density at radius 1 is 1.14 bits per heavy atom. The van der Waals surface area contributed by atoms with Crippen molar-refractivity contribution in [2.24, 2.45) is 0 Å². The quantitative estimate of drug-likeness (QED) is 0.684. The van der Waals surface area contributed by atoms with E-state index in [2.05, 4.69) is 60.9 Å². The Morgan fingerprint density at radius 2 is 1.81 bits per heavy atom. The zero-order valence-corrected chi connectivity index (χ0v) is 13.2. The molecule has 1 aliphatic rings. The van der Waals surface area contributed by atoms with Gasteiger partial charge in [-0.05, 0) is 44.4 Å². The van der Waals surface area contributed by atoms with E-state index >= 15 is 0 Å². The zero-order valence-electron chi connectivity index (χ0n) is 13.2. The van der Waals surface area contributed by atoms with Crippen LogP contribution in [0.25, 0.3) is 0 Å². The van der Waals surface area contributed by atoms with Crippen LogP contribution in [-0.2, 0) is 0 Å². The van der Waals surface area contributed by atoms with Crippen LogP contribution in [0.5, 0.6) is 0 Å². The fraction of sp³-hybridized carbons (Fsp3) is 0.300. The number of anilines is 1. The van der Waals surface area contributed by atoms with Crippen molar-refractivity contribution in [2.45, 2.75) is 26.7 Å². The van der Waals surface area contributed by atoms with Crippen molar-refractivity contribution in [1.82, 2.24) is 0 Å². The summed E-state index contributed by atoms with van der Waals surface area (Å²) in [5, 5.41) is 0. The standard InChI is InChI=1S/C20H25N/c1-4-6-7-18(5-2)16-19-12-14-21(15-13-19)20-10-8-17(3)9-11-20/h4-11,16H,2,12-15H2,1,3H3/b6-4-,18-7+. The molecule has 1 saturated heterocycles. The average molecular weight is 279 g/mol. The van der Waals surface area contributed by atoms with E-state index in [-0.39, 0.29) is 0 Å². The van der Waals surface area contributed by atoms with Gasteiger partial charge in [0.1, 0.15) is 0 Å². The van der Waals surface area contributed by atoms with Crippen LogP contribution in [0.2, 0.25) is 0 Å². The Labute approximate surface area is 129 Å². The highest BCUT2D eigenvalue weighted by Gasteiger charge is 2.14. The minimum atomic E-state index is 1.10. The molecular formula is C20H25N. The van der Waals surface area contributed by atoms with Gasteiger partial charge < -0.3 is 4.90 Å². The molecule has 0 spiro atoms. The largest absolute Gasteiger partial charge is 0.371 e. The van der Waals surface area contributed by atoms with Crippen LogP contribution >= 0.6 is 0 Å². The van der Waals surface area contributed by atoms with Crippen LogP contribution in [0.15, 0.2) is 72.4 Å². The van der Waals surface area contributed by atoms with Crippen molar-refractivity contribution in [3.05, 3.63) is 77.9 Å². The predicted octanol–water partition coefficient (Wildman–Crippen LogP) is 5.21. The second-order valence-electron chi connectivity index (χ2n) is 5.52. The lowest BCUT2D eigenvalue weighted by molar-refractivity contribution is 0.684. The van der Waals surface area contributed by atoms with E-state index in [0.717, 1.165) is 25.9 Å².